The van der Waals surface area contributed by atoms with Crippen molar-refractivity contribution in [2.24, 2.45) is 5.92 Å². The average molecular weight is 504 g/mol. The number of hydrogen-bond donors (Lipinski definition) is 0. The van der Waals surface area contributed by atoms with Crippen LogP contribution >= 0.6 is 0 Å². The van der Waals surface area contributed by atoms with Crippen molar-refractivity contribution in [3.63, 3.8) is 0 Å². The molecule has 35 heavy (non-hydrogen) atoms. The van der Waals surface area contributed by atoms with E-state index in [-0.39, 0.29) is 15.9 Å². The Hall–Kier alpha value is -3.07. The second-order valence-electron chi connectivity index (χ2n) is 9.10. The highest BCUT2D eigenvalue weighted by atomic mass is 32.2. The van der Waals surface area contributed by atoms with Gasteiger partial charge in [-0.3, -0.25) is 4.31 Å². The van der Waals surface area contributed by atoms with E-state index in [1.54, 1.807) is 34.6 Å². The first-order valence-corrected chi connectivity index (χ1v) is 13.0. The zero-order valence-electron chi connectivity index (χ0n) is 18.8. The summed E-state index contributed by atoms with van der Waals surface area (Å²) in [5, 5.41) is -0.186. The summed E-state index contributed by atoms with van der Waals surface area (Å²) in [6, 6.07) is 11.2. The molecule has 0 spiro atoms. The molecule has 0 N–H and O–H groups in total. The molecule has 9 heteroatoms. The monoisotopic (exact) mass is 503 g/mol. The zero-order valence-corrected chi connectivity index (χ0v) is 19.7. The fraction of sp³-hybridized carbons (Fsp3) is 0.346. The van der Waals surface area contributed by atoms with Crippen molar-refractivity contribution in [3.8, 4) is 0 Å². The Bertz CT molecular complexity index is 1460. The summed E-state index contributed by atoms with van der Waals surface area (Å²) in [5.41, 5.74) is 0.0188. The van der Waals surface area contributed by atoms with E-state index in [2.05, 4.69) is 6.08 Å². The lowest BCUT2D eigenvalue weighted by atomic mass is 9.86. The molecule has 0 amide bonds. The molecule has 1 fully saturated rings. The fourth-order valence-electron chi connectivity index (χ4n) is 5.09. The molecule has 0 radical (unpaired) electrons. The van der Waals surface area contributed by atoms with Crippen LogP contribution in [0.2, 0.25) is 0 Å². The van der Waals surface area contributed by atoms with Crippen LogP contribution in [0, 0.1) is 5.92 Å². The number of benzene rings is 2. The summed E-state index contributed by atoms with van der Waals surface area (Å²) in [4.78, 5) is 11.7. The highest BCUT2D eigenvalue weighted by molar-refractivity contribution is 7.89. The molecular formula is C26H24F3NO4S. The minimum absolute atomic E-state index is 0.133. The van der Waals surface area contributed by atoms with Crippen LogP contribution in [0.15, 0.2) is 74.4 Å². The first-order chi connectivity index (χ1) is 16.6. The van der Waals surface area contributed by atoms with Crippen molar-refractivity contribution in [3.05, 3.63) is 87.4 Å². The topological polar surface area (TPSA) is 67.6 Å². The Morgan fingerprint density at radius 3 is 2.43 bits per heavy atom. The van der Waals surface area contributed by atoms with Crippen LogP contribution in [-0.2, 0) is 22.6 Å². The molecule has 0 bridgehead atoms. The van der Waals surface area contributed by atoms with Crippen molar-refractivity contribution >= 4 is 21.0 Å². The molecule has 5 rings (SSSR count). The van der Waals surface area contributed by atoms with Gasteiger partial charge >= 0.3 is 11.8 Å². The number of halogens is 3. The van der Waals surface area contributed by atoms with Crippen LogP contribution in [0.5, 0.6) is 0 Å². The van der Waals surface area contributed by atoms with Gasteiger partial charge in [0.1, 0.15) is 5.58 Å². The number of fused-ring (bicyclic) bond motifs is 2. The third-order valence-corrected chi connectivity index (χ3v) is 8.60. The van der Waals surface area contributed by atoms with Gasteiger partial charge in [-0.25, -0.2) is 13.2 Å². The maximum Gasteiger partial charge on any atom is 0.417 e. The molecule has 1 unspecified atom stereocenters. The van der Waals surface area contributed by atoms with Crippen LogP contribution in [0.3, 0.4) is 0 Å². The van der Waals surface area contributed by atoms with Crippen LogP contribution in [0.25, 0.3) is 11.0 Å². The number of rotatable bonds is 4. The first-order valence-electron chi connectivity index (χ1n) is 11.6. The second-order valence-corrected chi connectivity index (χ2v) is 11.0. The van der Waals surface area contributed by atoms with Crippen molar-refractivity contribution in [2.45, 2.75) is 49.6 Å². The number of allylic oxidation sites excluding steroid dienone is 2. The Balaban J connectivity index is 1.41. The Kier molecular flexibility index (Phi) is 5.99. The van der Waals surface area contributed by atoms with Gasteiger partial charge in [-0.05, 0) is 79.8 Å². The van der Waals surface area contributed by atoms with E-state index in [1.165, 1.54) is 12.1 Å². The molecular weight excluding hydrogens is 479 g/mol. The van der Waals surface area contributed by atoms with Gasteiger partial charge in [-0.2, -0.15) is 13.2 Å². The van der Waals surface area contributed by atoms with E-state index in [0.29, 0.717) is 30.5 Å². The maximum absolute atomic E-state index is 13.4. The van der Waals surface area contributed by atoms with Crippen molar-refractivity contribution in [1.29, 1.82) is 0 Å². The largest absolute Gasteiger partial charge is 0.423 e. The van der Waals surface area contributed by atoms with Crippen molar-refractivity contribution in [1.82, 2.24) is 4.31 Å². The van der Waals surface area contributed by atoms with E-state index >= 15 is 0 Å². The first kappa shape index (κ1) is 23.7. The predicted octanol–water partition coefficient (Wildman–Crippen LogP) is 5.87. The molecule has 184 valence electrons. The van der Waals surface area contributed by atoms with Crippen LogP contribution in [-0.4, -0.2) is 19.3 Å². The smallest absolute Gasteiger partial charge is 0.417 e. The van der Waals surface area contributed by atoms with Gasteiger partial charge in [0.05, 0.1) is 10.5 Å². The minimum Gasteiger partial charge on any atom is -0.423 e. The molecule has 2 heterocycles. The van der Waals surface area contributed by atoms with E-state index in [4.69, 9.17) is 4.42 Å². The van der Waals surface area contributed by atoms with Gasteiger partial charge in [-0.1, -0.05) is 24.3 Å². The summed E-state index contributed by atoms with van der Waals surface area (Å²) in [5.74, 6) is 0.297. The lowest BCUT2D eigenvalue weighted by molar-refractivity contribution is -0.136. The van der Waals surface area contributed by atoms with Gasteiger partial charge in [-0.15, -0.1) is 0 Å². The number of alkyl halides is 3. The molecule has 1 aliphatic heterocycles. The van der Waals surface area contributed by atoms with E-state index in [1.807, 2.05) is 0 Å². The quantitative estimate of drug-likeness (QED) is 0.418. The van der Waals surface area contributed by atoms with E-state index in [0.717, 1.165) is 43.4 Å². The van der Waals surface area contributed by atoms with Crippen molar-refractivity contribution in [2.75, 3.05) is 6.54 Å². The minimum atomic E-state index is -4.69. The normalized spacial score (nSPS) is 18.9. The van der Waals surface area contributed by atoms with Gasteiger partial charge in [0.2, 0.25) is 0 Å². The Morgan fingerprint density at radius 2 is 1.69 bits per heavy atom. The van der Waals surface area contributed by atoms with Gasteiger partial charge in [0, 0.05) is 23.7 Å². The number of piperidine rings is 1. The Morgan fingerprint density at radius 1 is 0.971 bits per heavy atom. The lowest BCUT2D eigenvalue weighted by Crippen LogP contribution is -2.38. The van der Waals surface area contributed by atoms with Gasteiger partial charge in [0.15, 0.2) is 0 Å². The maximum atomic E-state index is 13.4. The molecule has 1 aliphatic carbocycles. The SMILES string of the molecule is O=c1cc(C(F)(F)F)c2cc(Cc3ccc(S(=O)(=O)N4CCCC5CCCC=C54)cc3)ccc2o1. The highest BCUT2D eigenvalue weighted by Gasteiger charge is 2.35. The van der Waals surface area contributed by atoms with Gasteiger partial charge in [0.25, 0.3) is 10.0 Å². The molecule has 1 saturated heterocycles. The summed E-state index contributed by atoms with van der Waals surface area (Å²) in [6.45, 7) is 0.473. The number of nitrogens with zero attached hydrogens (tertiary/aromatic N) is 1. The van der Waals surface area contributed by atoms with Gasteiger partial charge < -0.3 is 4.42 Å². The molecule has 5 nitrogen and oxygen atoms in total. The predicted molar refractivity (Wildman–Crippen MR) is 125 cm³/mol. The molecule has 1 atom stereocenters. The second kappa shape index (κ2) is 8.86. The summed E-state index contributed by atoms with van der Waals surface area (Å²) >= 11 is 0. The van der Waals surface area contributed by atoms with Crippen LogP contribution in [0.1, 0.15) is 48.8 Å². The molecule has 2 aromatic carbocycles. The van der Waals surface area contributed by atoms with Crippen LogP contribution < -0.4 is 5.63 Å². The zero-order chi connectivity index (χ0) is 24.8. The standard InChI is InChI=1S/C26H24F3NO4S/c27-26(28,29)22-16-25(31)34-24-12-9-18(15-21(22)24)14-17-7-10-20(11-8-17)35(32,33)30-13-3-5-19-4-1-2-6-23(19)30/h6-12,15-16,19H,1-5,13-14H2. The fourth-order valence-corrected chi connectivity index (χ4v) is 6.70. The highest BCUT2D eigenvalue weighted by Crippen LogP contribution is 2.38. The van der Waals surface area contributed by atoms with E-state index < -0.39 is 27.4 Å². The third kappa shape index (κ3) is 4.61. The summed E-state index contributed by atoms with van der Waals surface area (Å²) < 4.78 is 73.5. The summed E-state index contributed by atoms with van der Waals surface area (Å²) in [6.07, 6.45) is 2.50. The summed E-state index contributed by atoms with van der Waals surface area (Å²) in [7, 11) is -3.68. The number of sulfonamides is 1. The third-order valence-electron chi connectivity index (χ3n) is 6.76. The molecule has 2 aliphatic rings. The van der Waals surface area contributed by atoms with Crippen molar-refractivity contribution < 1.29 is 26.0 Å². The average Bonchev–Trinajstić information content (AvgIpc) is 2.83. The van der Waals surface area contributed by atoms with E-state index in [9.17, 15) is 26.4 Å². The van der Waals surface area contributed by atoms with Crippen LogP contribution in [0.4, 0.5) is 13.2 Å². The number of hydrogen-bond acceptors (Lipinski definition) is 4. The lowest BCUT2D eigenvalue weighted by Gasteiger charge is -2.38. The molecule has 0 saturated carbocycles. The molecule has 3 aromatic rings. The molecule has 1 aromatic heterocycles. The Labute approximate surface area is 200 Å².